The lowest BCUT2D eigenvalue weighted by Crippen LogP contribution is -2.12. The third-order valence-electron chi connectivity index (χ3n) is 3.36. The number of rotatable bonds is 4. The fraction of sp³-hybridized carbons (Fsp3) is 0.176. The van der Waals surface area contributed by atoms with Crippen molar-refractivity contribution in [3.05, 3.63) is 65.0 Å². The molecule has 2 aromatic carbocycles. The number of fused-ring (bicyclic) bond motifs is 1. The molecule has 3 heteroatoms. The van der Waals surface area contributed by atoms with Crippen LogP contribution in [-0.2, 0) is 0 Å². The van der Waals surface area contributed by atoms with Gasteiger partial charge in [0.05, 0.1) is 0 Å². The maximum atomic E-state index is 6.38. The Bertz CT molecular complexity index is 700. The Hall–Kier alpha value is -1.29. The minimum atomic E-state index is 0.0728. The van der Waals surface area contributed by atoms with Gasteiger partial charge in [-0.05, 0) is 41.5 Å². The van der Waals surface area contributed by atoms with Crippen molar-refractivity contribution < 1.29 is 0 Å². The molecule has 0 aliphatic heterocycles. The Morgan fingerprint density at radius 3 is 2.70 bits per heavy atom. The molecule has 0 aliphatic rings. The van der Waals surface area contributed by atoms with Crippen molar-refractivity contribution in [3.63, 3.8) is 0 Å². The molecule has 0 bridgehead atoms. The zero-order valence-corrected chi connectivity index (χ0v) is 13.0. The predicted molar refractivity (Wildman–Crippen MR) is 90.7 cm³/mol. The monoisotopic (exact) mass is 299 g/mol. The molecule has 2 N–H and O–H groups in total. The number of hydrogen-bond acceptors (Lipinski definition) is 3. The fourth-order valence-electron chi connectivity index (χ4n) is 2.22. The number of benzene rings is 2. The van der Waals surface area contributed by atoms with Crippen LogP contribution in [0.2, 0.25) is 0 Å². The van der Waals surface area contributed by atoms with Gasteiger partial charge in [0.15, 0.2) is 0 Å². The first-order valence-corrected chi connectivity index (χ1v) is 8.52. The molecule has 102 valence electrons. The lowest BCUT2D eigenvalue weighted by atomic mass is 10.1. The van der Waals surface area contributed by atoms with E-state index in [-0.39, 0.29) is 6.04 Å². The maximum absolute atomic E-state index is 6.38. The fourth-order valence-corrected chi connectivity index (χ4v) is 4.08. The molecule has 1 unspecified atom stereocenters. The molecule has 20 heavy (non-hydrogen) atoms. The van der Waals surface area contributed by atoms with E-state index in [2.05, 4.69) is 60.8 Å². The first-order valence-electron chi connectivity index (χ1n) is 6.65. The third kappa shape index (κ3) is 2.90. The average Bonchev–Trinajstić information content (AvgIpc) is 2.94. The Balaban J connectivity index is 1.74. The lowest BCUT2D eigenvalue weighted by Gasteiger charge is -2.13. The van der Waals surface area contributed by atoms with Crippen molar-refractivity contribution in [2.75, 3.05) is 5.75 Å². The largest absolute Gasteiger partial charge is 0.323 e. The summed E-state index contributed by atoms with van der Waals surface area (Å²) in [6.45, 7) is 2.11. The van der Waals surface area contributed by atoms with Crippen LogP contribution in [0, 0.1) is 6.92 Å². The van der Waals surface area contributed by atoms with Gasteiger partial charge in [-0.15, -0.1) is 23.1 Å². The summed E-state index contributed by atoms with van der Waals surface area (Å²) in [6, 6.07) is 17.3. The summed E-state index contributed by atoms with van der Waals surface area (Å²) in [7, 11) is 0. The number of aryl methyl sites for hydroxylation is 1. The van der Waals surface area contributed by atoms with Crippen molar-refractivity contribution in [2.24, 2.45) is 5.73 Å². The summed E-state index contributed by atoms with van der Waals surface area (Å²) in [5, 5.41) is 3.43. The van der Waals surface area contributed by atoms with Gasteiger partial charge in [0, 0.05) is 21.4 Å². The van der Waals surface area contributed by atoms with Crippen LogP contribution in [0.4, 0.5) is 0 Å². The predicted octanol–water partition coefficient (Wildman–Crippen LogP) is 5.00. The standard InChI is InChI=1S/C17H17NS2/c1-12-5-7-14(8-6-12)20-11-16(18)15-4-2-3-13-9-10-19-17(13)15/h2-10,16H,11,18H2,1H3. The summed E-state index contributed by atoms with van der Waals surface area (Å²) in [5.41, 5.74) is 8.94. The second-order valence-electron chi connectivity index (χ2n) is 4.92. The summed E-state index contributed by atoms with van der Waals surface area (Å²) in [6.07, 6.45) is 0. The van der Waals surface area contributed by atoms with Crippen LogP contribution in [-0.4, -0.2) is 5.75 Å². The van der Waals surface area contributed by atoms with E-state index in [1.807, 2.05) is 11.8 Å². The Morgan fingerprint density at radius 2 is 1.90 bits per heavy atom. The van der Waals surface area contributed by atoms with Crippen LogP contribution >= 0.6 is 23.1 Å². The average molecular weight is 299 g/mol. The number of nitrogens with two attached hydrogens (primary N) is 1. The van der Waals surface area contributed by atoms with Gasteiger partial charge >= 0.3 is 0 Å². The zero-order chi connectivity index (χ0) is 13.9. The van der Waals surface area contributed by atoms with Crippen LogP contribution in [0.5, 0.6) is 0 Å². The van der Waals surface area contributed by atoms with Crippen LogP contribution in [0.1, 0.15) is 17.2 Å². The molecule has 0 aliphatic carbocycles. The molecule has 0 fully saturated rings. The highest BCUT2D eigenvalue weighted by Crippen LogP contribution is 2.31. The molecular weight excluding hydrogens is 282 g/mol. The minimum absolute atomic E-state index is 0.0728. The normalized spacial score (nSPS) is 12.7. The molecule has 3 aromatic rings. The topological polar surface area (TPSA) is 26.0 Å². The number of hydrogen-bond donors (Lipinski definition) is 1. The minimum Gasteiger partial charge on any atom is -0.323 e. The highest BCUT2D eigenvalue weighted by Gasteiger charge is 2.11. The Morgan fingerprint density at radius 1 is 1.10 bits per heavy atom. The molecule has 1 heterocycles. The van der Waals surface area contributed by atoms with E-state index in [1.54, 1.807) is 11.3 Å². The lowest BCUT2D eigenvalue weighted by molar-refractivity contribution is 0.841. The highest BCUT2D eigenvalue weighted by molar-refractivity contribution is 7.99. The van der Waals surface area contributed by atoms with Gasteiger partial charge in [-0.25, -0.2) is 0 Å². The summed E-state index contributed by atoms with van der Waals surface area (Å²) < 4.78 is 1.32. The molecule has 0 amide bonds. The summed E-state index contributed by atoms with van der Waals surface area (Å²) in [4.78, 5) is 1.28. The van der Waals surface area contributed by atoms with Gasteiger partial charge in [0.25, 0.3) is 0 Å². The van der Waals surface area contributed by atoms with Crippen LogP contribution in [0.3, 0.4) is 0 Å². The van der Waals surface area contributed by atoms with Gasteiger partial charge in [0.1, 0.15) is 0 Å². The molecule has 1 nitrogen and oxygen atoms in total. The number of thioether (sulfide) groups is 1. The maximum Gasteiger partial charge on any atom is 0.0404 e. The van der Waals surface area contributed by atoms with Gasteiger partial charge in [0.2, 0.25) is 0 Å². The van der Waals surface area contributed by atoms with Crippen molar-refractivity contribution in [2.45, 2.75) is 17.9 Å². The Labute approximate surface area is 127 Å². The molecule has 0 spiro atoms. The van der Waals surface area contributed by atoms with E-state index in [9.17, 15) is 0 Å². The van der Waals surface area contributed by atoms with Crippen molar-refractivity contribution in [3.8, 4) is 0 Å². The molecule has 1 atom stereocenters. The van der Waals surface area contributed by atoms with E-state index >= 15 is 0 Å². The number of thiophene rings is 1. The van der Waals surface area contributed by atoms with Crippen LogP contribution < -0.4 is 5.73 Å². The quantitative estimate of drug-likeness (QED) is 0.686. The molecule has 1 aromatic heterocycles. The van der Waals surface area contributed by atoms with Crippen molar-refractivity contribution in [1.29, 1.82) is 0 Å². The summed E-state index contributed by atoms with van der Waals surface area (Å²) in [5.74, 6) is 0.903. The molecule has 0 saturated carbocycles. The second-order valence-corrected chi connectivity index (χ2v) is 6.93. The first-order chi connectivity index (χ1) is 9.74. The van der Waals surface area contributed by atoms with Gasteiger partial charge in [-0.3, -0.25) is 0 Å². The second kappa shape index (κ2) is 6.00. The molecule has 3 rings (SSSR count). The van der Waals surface area contributed by atoms with Gasteiger partial charge in [-0.1, -0.05) is 35.9 Å². The highest BCUT2D eigenvalue weighted by atomic mass is 32.2. The van der Waals surface area contributed by atoms with Crippen molar-refractivity contribution >= 4 is 33.2 Å². The van der Waals surface area contributed by atoms with Gasteiger partial charge < -0.3 is 5.73 Å². The SMILES string of the molecule is Cc1ccc(SCC(N)c2cccc3ccsc23)cc1. The molecule has 0 saturated heterocycles. The van der Waals surface area contributed by atoms with Gasteiger partial charge in [-0.2, -0.15) is 0 Å². The van der Waals surface area contributed by atoms with Crippen LogP contribution in [0.25, 0.3) is 10.1 Å². The van der Waals surface area contributed by atoms with Crippen LogP contribution in [0.15, 0.2) is 58.8 Å². The molecule has 0 radical (unpaired) electrons. The first kappa shape index (κ1) is 13.7. The zero-order valence-electron chi connectivity index (χ0n) is 11.4. The van der Waals surface area contributed by atoms with E-state index in [0.29, 0.717) is 0 Å². The Kier molecular flexibility index (Phi) is 4.10. The summed E-state index contributed by atoms with van der Waals surface area (Å²) >= 11 is 3.60. The molecular formula is C17H17NS2. The van der Waals surface area contributed by atoms with E-state index < -0.39 is 0 Å². The smallest absolute Gasteiger partial charge is 0.0404 e. The third-order valence-corrected chi connectivity index (χ3v) is 5.47. The van der Waals surface area contributed by atoms with E-state index in [1.165, 1.54) is 26.1 Å². The van der Waals surface area contributed by atoms with E-state index in [4.69, 9.17) is 5.73 Å². The van der Waals surface area contributed by atoms with Crippen molar-refractivity contribution in [1.82, 2.24) is 0 Å². The van der Waals surface area contributed by atoms with E-state index in [0.717, 1.165) is 5.75 Å².